The zero-order chi connectivity index (χ0) is 15.5. The van der Waals surface area contributed by atoms with Crippen LogP contribution in [0, 0.1) is 0 Å². The van der Waals surface area contributed by atoms with E-state index in [0.717, 1.165) is 17.5 Å². The largest absolute Gasteiger partial charge is 0.493 e. The summed E-state index contributed by atoms with van der Waals surface area (Å²) in [6, 6.07) is 7.23. The summed E-state index contributed by atoms with van der Waals surface area (Å²) in [5, 5.41) is 0. The van der Waals surface area contributed by atoms with Crippen molar-refractivity contribution in [3.8, 4) is 11.5 Å². The van der Waals surface area contributed by atoms with Gasteiger partial charge in [-0.05, 0) is 41.8 Å². The molecule has 0 fully saturated rings. The average Bonchev–Trinajstić information content (AvgIpc) is 3.08. The Morgan fingerprint density at radius 1 is 1.27 bits per heavy atom. The van der Waals surface area contributed by atoms with Crippen molar-refractivity contribution in [1.29, 1.82) is 0 Å². The second-order valence-corrected chi connectivity index (χ2v) is 5.12. The third-order valence-electron chi connectivity index (χ3n) is 3.85. The highest BCUT2D eigenvalue weighted by molar-refractivity contribution is 5.93. The van der Waals surface area contributed by atoms with Gasteiger partial charge in [-0.25, -0.2) is 0 Å². The fourth-order valence-corrected chi connectivity index (χ4v) is 2.73. The smallest absolute Gasteiger partial charge is 0.200 e. The van der Waals surface area contributed by atoms with Crippen molar-refractivity contribution in [2.24, 2.45) is 0 Å². The molecule has 22 heavy (non-hydrogen) atoms. The zero-order valence-corrected chi connectivity index (χ0v) is 12.6. The van der Waals surface area contributed by atoms with Crippen LogP contribution in [0.4, 0.5) is 0 Å². The number of rotatable bonds is 5. The number of carbonyl (C=O) groups excluding carboxylic acids is 1. The summed E-state index contributed by atoms with van der Waals surface area (Å²) in [6.07, 6.45) is 2.25. The number of hydrogen-bond acceptors (Lipinski definition) is 5. The van der Waals surface area contributed by atoms with Crippen molar-refractivity contribution >= 4 is 5.78 Å². The van der Waals surface area contributed by atoms with Crippen molar-refractivity contribution < 1.29 is 23.4 Å². The first-order chi connectivity index (χ1) is 10.7. The van der Waals surface area contributed by atoms with Gasteiger partial charge < -0.3 is 18.6 Å². The fraction of sp³-hybridized carbons (Fsp3) is 0.353. The number of carbonyl (C=O) groups is 1. The first-order valence-corrected chi connectivity index (χ1v) is 7.16. The van der Waals surface area contributed by atoms with E-state index in [1.165, 1.54) is 6.26 Å². The van der Waals surface area contributed by atoms with E-state index in [1.807, 2.05) is 12.1 Å². The Labute approximate surface area is 128 Å². The van der Waals surface area contributed by atoms with Crippen molar-refractivity contribution in [3.05, 3.63) is 47.4 Å². The average molecular weight is 302 g/mol. The van der Waals surface area contributed by atoms with Crippen LogP contribution in [-0.4, -0.2) is 26.6 Å². The first-order valence-electron chi connectivity index (χ1n) is 7.16. The van der Waals surface area contributed by atoms with Crippen molar-refractivity contribution in [2.75, 3.05) is 20.8 Å². The molecule has 1 aliphatic heterocycles. The highest BCUT2D eigenvalue weighted by Crippen LogP contribution is 2.38. The van der Waals surface area contributed by atoms with Gasteiger partial charge in [0, 0.05) is 6.42 Å². The van der Waals surface area contributed by atoms with Gasteiger partial charge in [-0.2, -0.15) is 0 Å². The predicted octanol–water partition coefficient (Wildman–Crippen LogP) is 3.18. The molecule has 116 valence electrons. The molecule has 0 aliphatic carbocycles. The van der Waals surface area contributed by atoms with Crippen molar-refractivity contribution in [1.82, 2.24) is 0 Å². The predicted molar refractivity (Wildman–Crippen MR) is 79.6 cm³/mol. The Kier molecular flexibility index (Phi) is 4.15. The molecule has 1 aromatic carbocycles. The second kappa shape index (κ2) is 6.23. The van der Waals surface area contributed by atoms with E-state index in [9.17, 15) is 4.79 Å². The minimum absolute atomic E-state index is 0.0716. The molecule has 0 N–H and O–H groups in total. The Hall–Kier alpha value is -2.27. The van der Waals surface area contributed by atoms with Gasteiger partial charge in [-0.1, -0.05) is 0 Å². The summed E-state index contributed by atoms with van der Waals surface area (Å²) < 4.78 is 21.6. The minimum atomic E-state index is -0.291. The lowest BCUT2D eigenvalue weighted by molar-refractivity contribution is 0.0341. The summed E-state index contributed by atoms with van der Waals surface area (Å²) in [5.74, 6) is 1.62. The Balaban J connectivity index is 1.89. The number of ether oxygens (including phenoxy) is 3. The Bertz CT molecular complexity index is 660. The molecule has 1 aromatic heterocycles. The Morgan fingerprint density at radius 3 is 2.73 bits per heavy atom. The molecule has 0 spiro atoms. The van der Waals surface area contributed by atoms with Crippen LogP contribution < -0.4 is 9.47 Å². The van der Waals surface area contributed by atoms with E-state index >= 15 is 0 Å². The van der Waals surface area contributed by atoms with Crippen LogP contribution in [0.2, 0.25) is 0 Å². The van der Waals surface area contributed by atoms with Crippen LogP contribution in [0.3, 0.4) is 0 Å². The molecule has 5 heteroatoms. The van der Waals surface area contributed by atoms with Gasteiger partial charge in [0.25, 0.3) is 0 Å². The van der Waals surface area contributed by atoms with Crippen LogP contribution in [0.5, 0.6) is 11.5 Å². The maximum absolute atomic E-state index is 12.2. The van der Waals surface area contributed by atoms with Gasteiger partial charge in [-0.15, -0.1) is 0 Å². The number of ketones is 1. The van der Waals surface area contributed by atoms with E-state index in [2.05, 4.69) is 0 Å². The van der Waals surface area contributed by atoms with Gasteiger partial charge in [0.05, 0.1) is 33.2 Å². The molecule has 0 unspecified atom stereocenters. The monoisotopic (exact) mass is 302 g/mol. The summed E-state index contributed by atoms with van der Waals surface area (Å²) in [6.45, 7) is 0.582. The number of benzene rings is 1. The van der Waals surface area contributed by atoms with E-state index in [-0.39, 0.29) is 18.3 Å². The maximum Gasteiger partial charge on any atom is 0.200 e. The lowest BCUT2D eigenvalue weighted by Crippen LogP contribution is -2.19. The van der Waals surface area contributed by atoms with Crippen molar-refractivity contribution in [3.63, 3.8) is 0 Å². The Morgan fingerprint density at radius 2 is 2.05 bits per heavy atom. The van der Waals surface area contributed by atoms with Gasteiger partial charge >= 0.3 is 0 Å². The molecular formula is C17H18O5. The first kappa shape index (κ1) is 14.7. The van der Waals surface area contributed by atoms with E-state index < -0.39 is 0 Å². The number of Topliss-reactive ketones (excluding diaryl/α,β-unsaturated/α-hetero) is 1. The quantitative estimate of drug-likeness (QED) is 0.794. The number of hydrogen-bond donors (Lipinski definition) is 0. The van der Waals surface area contributed by atoms with Crippen LogP contribution >= 0.6 is 0 Å². The molecule has 0 bridgehead atoms. The van der Waals surface area contributed by atoms with Gasteiger partial charge in [-0.3, -0.25) is 4.79 Å². The van der Waals surface area contributed by atoms with E-state index in [4.69, 9.17) is 18.6 Å². The SMILES string of the molecule is COc1cc2c(cc1OC)[C@@H](CC(=O)c1ccco1)OCC2. The molecule has 1 aliphatic rings. The topological polar surface area (TPSA) is 57.9 Å². The maximum atomic E-state index is 12.2. The van der Waals surface area contributed by atoms with Gasteiger partial charge in [0.1, 0.15) is 0 Å². The number of furan rings is 1. The molecule has 0 saturated carbocycles. The standard InChI is InChI=1S/C17H18O5/c1-19-16-8-11-5-7-22-15(12(11)9-17(16)20-2)10-13(18)14-4-3-6-21-14/h3-4,6,8-9,15H,5,7,10H2,1-2H3/t15-/m1/s1. The second-order valence-electron chi connectivity index (χ2n) is 5.12. The summed E-state index contributed by atoms with van der Waals surface area (Å²) in [4.78, 5) is 12.2. The van der Waals surface area contributed by atoms with Crippen molar-refractivity contribution in [2.45, 2.75) is 18.9 Å². The van der Waals surface area contributed by atoms with Crippen LogP contribution in [0.15, 0.2) is 34.9 Å². The molecule has 1 atom stereocenters. The highest BCUT2D eigenvalue weighted by Gasteiger charge is 2.26. The lowest BCUT2D eigenvalue weighted by atomic mass is 9.93. The highest BCUT2D eigenvalue weighted by atomic mass is 16.5. The zero-order valence-electron chi connectivity index (χ0n) is 12.6. The van der Waals surface area contributed by atoms with Gasteiger partial charge in [0.2, 0.25) is 5.78 Å². The van der Waals surface area contributed by atoms with Crippen LogP contribution in [-0.2, 0) is 11.2 Å². The molecule has 0 radical (unpaired) electrons. The molecule has 2 aromatic rings. The molecule has 0 amide bonds. The molecule has 2 heterocycles. The minimum Gasteiger partial charge on any atom is -0.493 e. The molecule has 3 rings (SSSR count). The normalized spacial score (nSPS) is 16.9. The van der Waals surface area contributed by atoms with Gasteiger partial charge in [0.15, 0.2) is 17.3 Å². The summed E-state index contributed by atoms with van der Waals surface area (Å²) in [5.41, 5.74) is 2.10. The summed E-state index contributed by atoms with van der Waals surface area (Å²) in [7, 11) is 3.21. The fourth-order valence-electron chi connectivity index (χ4n) is 2.73. The van der Waals surface area contributed by atoms with E-state index in [1.54, 1.807) is 26.4 Å². The molecule has 5 nitrogen and oxygen atoms in total. The third-order valence-corrected chi connectivity index (χ3v) is 3.85. The molecule has 0 saturated heterocycles. The summed E-state index contributed by atoms with van der Waals surface area (Å²) >= 11 is 0. The van der Waals surface area contributed by atoms with E-state index in [0.29, 0.717) is 23.9 Å². The lowest BCUT2D eigenvalue weighted by Gasteiger charge is -2.26. The number of methoxy groups -OCH3 is 2. The number of fused-ring (bicyclic) bond motifs is 1. The third kappa shape index (κ3) is 2.72. The van der Waals surface area contributed by atoms with Crippen LogP contribution in [0.1, 0.15) is 34.2 Å². The molecular weight excluding hydrogens is 284 g/mol. The van der Waals surface area contributed by atoms with Crippen LogP contribution in [0.25, 0.3) is 0 Å².